The molecule has 1 aromatic heterocycles. The van der Waals surface area contributed by atoms with Crippen LogP contribution in [0.15, 0.2) is 39.5 Å². The molecule has 0 fully saturated rings. The molecule has 1 aromatic carbocycles. The number of para-hydroxylation sites is 1. The van der Waals surface area contributed by atoms with Crippen molar-refractivity contribution in [2.75, 3.05) is 6.61 Å². The Morgan fingerprint density at radius 3 is 2.87 bits per heavy atom. The second-order valence-corrected chi connectivity index (χ2v) is 3.41. The summed E-state index contributed by atoms with van der Waals surface area (Å²) in [6.45, 7) is 0.133. The number of fused-ring (bicyclic) bond motifs is 1. The first-order valence-corrected chi connectivity index (χ1v) is 4.94. The van der Waals surface area contributed by atoms with Gasteiger partial charge in [0, 0.05) is 18.1 Å². The first-order chi connectivity index (χ1) is 7.31. The van der Waals surface area contributed by atoms with Gasteiger partial charge in [-0.1, -0.05) is 18.2 Å². The van der Waals surface area contributed by atoms with Crippen LogP contribution < -0.4 is 5.63 Å². The lowest BCUT2D eigenvalue weighted by Crippen LogP contribution is -2.01. The van der Waals surface area contributed by atoms with Gasteiger partial charge in [0.2, 0.25) is 0 Å². The van der Waals surface area contributed by atoms with Gasteiger partial charge in [-0.05, 0) is 24.5 Å². The molecule has 1 N–H and O–H groups in total. The normalized spacial score (nSPS) is 10.7. The number of benzene rings is 1. The Morgan fingerprint density at radius 2 is 2.07 bits per heavy atom. The van der Waals surface area contributed by atoms with Crippen molar-refractivity contribution in [1.29, 1.82) is 0 Å². The van der Waals surface area contributed by atoms with Crippen molar-refractivity contribution >= 4 is 11.0 Å². The Hall–Kier alpha value is -1.61. The van der Waals surface area contributed by atoms with Crippen LogP contribution in [0.2, 0.25) is 0 Å². The molecule has 1 heterocycles. The first-order valence-electron chi connectivity index (χ1n) is 4.94. The molecule has 0 unspecified atom stereocenters. The minimum absolute atomic E-state index is 0.133. The summed E-state index contributed by atoms with van der Waals surface area (Å²) in [4.78, 5) is 11.2. The third kappa shape index (κ3) is 2.07. The van der Waals surface area contributed by atoms with Crippen LogP contribution in [0.4, 0.5) is 0 Å². The molecule has 0 spiro atoms. The molecule has 0 aliphatic carbocycles. The van der Waals surface area contributed by atoms with Crippen LogP contribution in [0.25, 0.3) is 11.0 Å². The Balaban J connectivity index is 2.55. The van der Waals surface area contributed by atoms with Crippen LogP contribution in [-0.2, 0) is 6.42 Å². The number of aliphatic hydroxyl groups excluding tert-OH is 1. The van der Waals surface area contributed by atoms with Crippen LogP contribution in [0, 0.1) is 0 Å². The van der Waals surface area contributed by atoms with E-state index < -0.39 is 0 Å². The van der Waals surface area contributed by atoms with E-state index in [9.17, 15) is 4.79 Å². The number of hydrogen-bond donors (Lipinski definition) is 1. The Labute approximate surface area is 87.0 Å². The maximum atomic E-state index is 11.2. The number of rotatable bonds is 3. The predicted molar refractivity (Wildman–Crippen MR) is 57.9 cm³/mol. The Kier molecular flexibility index (Phi) is 2.83. The van der Waals surface area contributed by atoms with Crippen molar-refractivity contribution in [3.63, 3.8) is 0 Å². The van der Waals surface area contributed by atoms with Gasteiger partial charge in [0.25, 0.3) is 0 Å². The van der Waals surface area contributed by atoms with E-state index in [-0.39, 0.29) is 12.2 Å². The molecular weight excluding hydrogens is 192 g/mol. The lowest BCUT2D eigenvalue weighted by atomic mass is 10.1. The first kappa shape index (κ1) is 9.93. The van der Waals surface area contributed by atoms with Crippen LogP contribution in [0.3, 0.4) is 0 Å². The summed E-state index contributed by atoms with van der Waals surface area (Å²) in [6, 6.07) is 8.94. The zero-order chi connectivity index (χ0) is 10.7. The molecule has 3 heteroatoms. The molecule has 0 amide bonds. The van der Waals surface area contributed by atoms with E-state index in [1.54, 1.807) is 6.07 Å². The van der Waals surface area contributed by atoms with E-state index in [2.05, 4.69) is 0 Å². The van der Waals surface area contributed by atoms with Gasteiger partial charge >= 0.3 is 5.63 Å². The molecule has 3 nitrogen and oxygen atoms in total. The Bertz CT molecular complexity index is 514. The highest BCUT2D eigenvalue weighted by atomic mass is 16.4. The summed E-state index contributed by atoms with van der Waals surface area (Å²) in [5.74, 6) is 0. The monoisotopic (exact) mass is 204 g/mol. The number of aryl methyl sites for hydroxylation is 1. The van der Waals surface area contributed by atoms with Crippen molar-refractivity contribution in [3.8, 4) is 0 Å². The Morgan fingerprint density at radius 1 is 1.27 bits per heavy atom. The fraction of sp³-hybridized carbons (Fsp3) is 0.250. The van der Waals surface area contributed by atoms with Gasteiger partial charge in [-0.25, -0.2) is 4.79 Å². The van der Waals surface area contributed by atoms with Crippen molar-refractivity contribution in [1.82, 2.24) is 0 Å². The minimum atomic E-state index is -0.332. The van der Waals surface area contributed by atoms with Crippen LogP contribution in [-0.4, -0.2) is 11.7 Å². The molecule has 2 rings (SSSR count). The van der Waals surface area contributed by atoms with E-state index in [0.717, 1.165) is 10.9 Å². The smallest absolute Gasteiger partial charge is 0.336 e. The molecule has 0 bridgehead atoms. The molecule has 78 valence electrons. The summed E-state index contributed by atoms with van der Waals surface area (Å²) < 4.78 is 5.06. The van der Waals surface area contributed by atoms with Gasteiger partial charge in [-0.15, -0.1) is 0 Å². The molecule has 2 aromatic rings. The highest BCUT2D eigenvalue weighted by Crippen LogP contribution is 2.17. The van der Waals surface area contributed by atoms with E-state index in [4.69, 9.17) is 9.52 Å². The molecule has 0 atom stereocenters. The lowest BCUT2D eigenvalue weighted by molar-refractivity contribution is 0.288. The number of hydrogen-bond acceptors (Lipinski definition) is 3. The van der Waals surface area contributed by atoms with E-state index >= 15 is 0 Å². The summed E-state index contributed by atoms with van der Waals surface area (Å²) in [5, 5.41) is 9.72. The fourth-order valence-corrected chi connectivity index (χ4v) is 1.66. The third-order valence-electron chi connectivity index (χ3n) is 2.34. The summed E-state index contributed by atoms with van der Waals surface area (Å²) in [7, 11) is 0. The largest absolute Gasteiger partial charge is 0.423 e. The van der Waals surface area contributed by atoms with Crippen molar-refractivity contribution in [2.45, 2.75) is 12.8 Å². The molecular formula is C12H12O3. The lowest BCUT2D eigenvalue weighted by Gasteiger charge is -2.03. The highest BCUT2D eigenvalue weighted by Gasteiger charge is 2.03. The van der Waals surface area contributed by atoms with Crippen molar-refractivity contribution in [3.05, 3.63) is 46.3 Å². The van der Waals surface area contributed by atoms with Gasteiger partial charge in [-0.2, -0.15) is 0 Å². The zero-order valence-corrected chi connectivity index (χ0v) is 8.27. The minimum Gasteiger partial charge on any atom is -0.423 e. The quantitative estimate of drug-likeness (QED) is 0.774. The average Bonchev–Trinajstić information content (AvgIpc) is 2.25. The SMILES string of the molecule is O=c1cc(CCCO)c2ccccc2o1. The van der Waals surface area contributed by atoms with Gasteiger partial charge < -0.3 is 9.52 Å². The second-order valence-electron chi connectivity index (χ2n) is 3.41. The maximum Gasteiger partial charge on any atom is 0.336 e. The van der Waals surface area contributed by atoms with Gasteiger partial charge in [-0.3, -0.25) is 0 Å². The highest BCUT2D eigenvalue weighted by molar-refractivity contribution is 5.79. The standard InChI is InChI=1S/C12H12O3/c13-7-3-4-9-8-12(14)15-11-6-2-1-5-10(9)11/h1-2,5-6,8,13H,3-4,7H2. The van der Waals surface area contributed by atoms with Crippen LogP contribution >= 0.6 is 0 Å². The van der Waals surface area contributed by atoms with Crippen LogP contribution in [0.1, 0.15) is 12.0 Å². The average molecular weight is 204 g/mol. The zero-order valence-electron chi connectivity index (χ0n) is 8.27. The molecule has 0 radical (unpaired) electrons. The van der Waals surface area contributed by atoms with E-state index in [0.29, 0.717) is 18.4 Å². The second kappa shape index (κ2) is 4.28. The fourth-order valence-electron chi connectivity index (χ4n) is 1.66. The summed E-state index contributed by atoms with van der Waals surface area (Å²) in [6.07, 6.45) is 1.36. The van der Waals surface area contributed by atoms with Gasteiger partial charge in [0.05, 0.1) is 0 Å². The summed E-state index contributed by atoms with van der Waals surface area (Å²) >= 11 is 0. The van der Waals surface area contributed by atoms with Gasteiger partial charge in [0.1, 0.15) is 5.58 Å². The topological polar surface area (TPSA) is 50.4 Å². The van der Waals surface area contributed by atoms with Gasteiger partial charge in [0.15, 0.2) is 0 Å². The van der Waals surface area contributed by atoms with E-state index in [1.165, 1.54) is 6.07 Å². The third-order valence-corrected chi connectivity index (χ3v) is 2.34. The molecule has 15 heavy (non-hydrogen) atoms. The van der Waals surface area contributed by atoms with Crippen molar-refractivity contribution in [2.24, 2.45) is 0 Å². The molecule has 0 aliphatic rings. The molecule has 0 aliphatic heterocycles. The summed E-state index contributed by atoms with van der Waals surface area (Å²) in [5.41, 5.74) is 1.22. The maximum absolute atomic E-state index is 11.2. The number of aliphatic hydroxyl groups is 1. The molecule has 0 saturated heterocycles. The van der Waals surface area contributed by atoms with Crippen molar-refractivity contribution < 1.29 is 9.52 Å². The van der Waals surface area contributed by atoms with Crippen LogP contribution in [0.5, 0.6) is 0 Å². The molecule has 0 saturated carbocycles. The van der Waals surface area contributed by atoms with E-state index in [1.807, 2.05) is 18.2 Å². The predicted octanol–water partition coefficient (Wildman–Crippen LogP) is 1.72.